The molecule has 0 fully saturated rings. The SMILES string of the molecule is O=C(Nc1ccc(-c2nnco2)cc1)c1cccc(I)c1. The van der Waals surface area contributed by atoms with E-state index in [9.17, 15) is 4.79 Å². The van der Waals surface area contributed by atoms with Gasteiger partial charge in [-0.1, -0.05) is 6.07 Å². The number of amides is 1. The van der Waals surface area contributed by atoms with E-state index in [1.807, 2.05) is 30.3 Å². The van der Waals surface area contributed by atoms with Crippen LogP contribution in [0.15, 0.2) is 59.3 Å². The monoisotopic (exact) mass is 391 g/mol. The molecular weight excluding hydrogens is 381 g/mol. The highest BCUT2D eigenvalue weighted by molar-refractivity contribution is 14.1. The lowest BCUT2D eigenvalue weighted by Gasteiger charge is -2.06. The lowest BCUT2D eigenvalue weighted by molar-refractivity contribution is 0.102. The number of carbonyl (C=O) groups is 1. The largest absolute Gasteiger partial charge is 0.423 e. The summed E-state index contributed by atoms with van der Waals surface area (Å²) in [5, 5.41) is 10.3. The number of carbonyl (C=O) groups excluding carboxylic acids is 1. The second kappa shape index (κ2) is 6.04. The number of hydrogen-bond acceptors (Lipinski definition) is 4. The lowest BCUT2D eigenvalue weighted by Crippen LogP contribution is -2.11. The van der Waals surface area contributed by atoms with Crippen LogP contribution in [0.3, 0.4) is 0 Å². The van der Waals surface area contributed by atoms with Crippen molar-refractivity contribution in [3.8, 4) is 11.5 Å². The summed E-state index contributed by atoms with van der Waals surface area (Å²) in [7, 11) is 0. The third-order valence-electron chi connectivity index (χ3n) is 2.84. The maximum Gasteiger partial charge on any atom is 0.255 e. The quantitative estimate of drug-likeness (QED) is 0.693. The van der Waals surface area contributed by atoms with Gasteiger partial charge in [0.2, 0.25) is 12.3 Å². The molecule has 0 radical (unpaired) electrons. The van der Waals surface area contributed by atoms with Gasteiger partial charge < -0.3 is 9.73 Å². The standard InChI is InChI=1S/C15H10IN3O2/c16-12-3-1-2-11(8-12)14(20)18-13-6-4-10(5-7-13)15-19-17-9-21-15/h1-9H,(H,18,20). The minimum atomic E-state index is -0.140. The molecule has 21 heavy (non-hydrogen) atoms. The molecule has 5 nitrogen and oxygen atoms in total. The molecule has 1 heterocycles. The summed E-state index contributed by atoms with van der Waals surface area (Å²) in [6.07, 6.45) is 1.28. The summed E-state index contributed by atoms with van der Waals surface area (Å²) < 4.78 is 6.13. The Bertz CT molecular complexity index is 755. The van der Waals surface area contributed by atoms with Crippen molar-refractivity contribution in [2.75, 3.05) is 5.32 Å². The van der Waals surface area contributed by atoms with Crippen LogP contribution in [0.2, 0.25) is 0 Å². The Labute approximate surface area is 134 Å². The summed E-state index contributed by atoms with van der Waals surface area (Å²) in [5.74, 6) is 0.310. The molecule has 6 heteroatoms. The van der Waals surface area contributed by atoms with Crippen molar-refractivity contribution in [3.63, 3.8) is 0 Å². The van der Waals surface area contributed by atoms with Crippen molar-refractivity contribution >= 4 is 34.2 Å². The van der Waals surface area contributed by atoms with Gasteiger partial charge in [-0.2, -0.15) is 0 Å². The third-order valence-corrected chi connectivity index (χ3v) is 3.51. The fourth-order valence-electron chi connectivity index (χ4n) is 1.83. The molecule has 3 aromatic rings. The average Bonchev–Trinajstić information content (AvgIpc) is 3.02. The van der Waals surface area contributed by atoms with E-state index < -0.39 is 0 Å². The van der Waals surface area contributed by atoms with Gasteiger partial charge in [-0.15, -0.1) is 10.2 Å². The van der Waals surface area contributed by atoms with Crippen molar-refractivity contribution < 1.29 is 9.21 Å². The zero-order valence-electron chi connectivity index (χ0n) is 10.8. The molecule has 1 N–H and O–H groups in total. The van der Waals surface area contributed by atoms with Gasteiger partial charge in [0.05, 0.1) is 0 Å². The molecular formula is C15H10IN3O2. The van der Waals surface area contributed by atoms with Crippen LogP contribution in [0.4, 0.5) is 5.69 Å². The van der Waals surface area contributed by atoms with Gasteiger partial charge in [0.25, 0.3) is 5.91 Å². The van der Waals surface area contributed by atoms with Crippen LogP contribution in [0.5, 0.6) is 0 Å². The molecule has 0 saturated heterocycles. The van der Waals surface area contributed by atoms with Gasteiger partial charge in [-0.3, -0.25) is 4.79 Å². The van der Waals surface area contributed by atoms with Crippen LogP contribution in [0.1, 0.15) is 10.4 Å². The highest BCUT2D eigenvalue weighted by Gasteiger charge is 2.07. The Kier molecular flexibility index (Phi) is 3.96. The number of benzene rings is 2. The van der Waals surface area contributed by atoms with E-state index in [1.165, 1.54) is 6.39 Å². The Balaban J connectivity index is 1.75. The highest BCUT2D eigenvalue weighted by atomic mass is 127. The first kappa shape index (κ1) is 13.7. The van der Waals surface area contributed by atoms with Crippen molar-refractivity contribution in [3.05, 3.63) is 64.1 Å². The molecule has 0 aliphatic heterocycles. The molecule has 0 bridgehead atoms. The van der Waals surface area contributed by atoms with Crippen LogP contribution in [0, 0.1) is 3.57 Å². The first-order valence-electron chi connectivity index (χ1n) is 6.16. The van der Waals surface area contributed by atoms with Crippen molar-refractivity contribution in [2.24, 2.45) is 0 Å². The molecule has 0 unspecified atom stereocenters. The van der Waals surface area contributed by atoms with E-state index in [0.29, 0.717) is 17.1 Å². The minimum absolute atomic E-state index is 0.140. The van der Waals surface area contributed by atoms with E-state index in [-0.39, 0.29) is 5.91 Å². The third kappa shape index (κ3) is 3.27. The number of halogens is 1. The number of hydrogen-bond donors (Lipinski definition) is 1. The van der Waals surface area contributed by atoms with Gasteiger partial charge in [-0.05, 0) is 65.1 Å². The number of rotatable bonds is 3. The highest BCUT2D eigenvalue weighted by Crippen LogP contribution is 2.19. The second-order valence-electron chi connectivity index (χ2n) is 4.29. The topological polar surface area (TPSA) is 68.0 Å². The smallest absolute Gasteiger partial charge is 0.255 e. The molecule has 2 aromatic carbocycles. The average molecular weight is 391 g/mol. The summed E-state index contributed by atoms with van der Waals surface area (Å²) in [6.45, 7) is 0. The van der Waals surface area contributed by atoms with Crippen molar-refractivity contribution in [1.82, 2.24) is 10.2 Å². The van der Waals surface area contributed by atoms with E-state index in [1.54, 1.807) is 18.2 Å². The number of anilines is 1. The molecule has 0 saturated carbocycles. The molecule has 0 spiro atoms. The number of nitrogens with zero attached hydrogens (tertiary/aromatic N) is 2. The molecule has 104 valence electrons. The van der Waals surface area contributed by atoms with Crippen molar-refractivity contribution in [2.45, 2.75) is 0 Å². The number of aromatic nitrogens is 2. The minimum Gasteiger partial charge on any atom is -0.423 e. The Morgan fingerprint density at radius 1 is 1.14 bits per heavy atom. The van der Waals surface area contributed by atoms with E-state index >= 15 is 0 Å². The first-order chi connectivity index (χ1) is 10.2. The van der Waals surface area contributed by atoms with Gasteiger partial charge in [0.15, 0.2) is 0 Å². The number of nitrogens with one attached hydrogen (secondary N) is 1. The fraction of sp³-hybridized carbons (Fsp3) is 0. The summed E-state index contributed by atoms with van der Waals surface area (Å²) in [4.78, 5) is 12.1. The Hall–Kier alpha value is -2.22. The maximum atomic E-state index is 12.1. The Morgan fingerprint density at radius 2 is 1.95 bits per heavy atom. The predicted octanol–water partition coefficient (Wildman–Crippen LogP) is 3.59. The summed E-state index contributed by atoms with van der Waals surface area (Å²) >= 11 is 2.18. The van der Waals surface area contributed by atoms with Gasteiger partial charge in [-0.25, -0.2) is 0 Å². The zero-order chi connectivity index (χ0) is 14.7. The molecule has 0 atom stereocenters. The van der Waals surface area contributed by atoms with E-state index in [0.717, 1.165) is 9.13 Å². The molecule has 1 aromatic heterocycles. The van der Waals surface area contributed by atoms with Crippen molar-refractivity contribution in [1.29, 1.82) is 0 Å². The van der Waals surface area contributed by atoms with E-state index in [2.05, 4.69) is 38.1 Å². The van der Waals surface area contributed by atoms with Gasteiger partial charge in [0.1, 0.15) is 0 Å². The van der Waals surface area contributed by atoms with Crippen LogP contribution in [-0.4, -0.2) is 16.1 Å². The van der Waals surface area contributed by atoms with Gasteiger partial charge >= 0.3 is 0 Å². The summed E-state index contributed by atoms with van der Waals surface area (Å²) in [5.41, 5.74) is 2.14. The molecule has 0 aliphatic rings. The summed E-state index contributed by atoms with van der Waals surface area (Å²) in [6, 6.07) is 14.6. The van der Waals surface area contributed by atoms with Crippen LogP contribution < -0.4 is 5.32 Å². The van der Waals surface area contributed by atoms with E-state index in [4.69, 9.17) is 4.42 Å². The van der Waals surface area contributed by atoms with Crippen LogP contribution in [-0.2, 0) is 0 Å². The van der Waals surface area contributed by atoms with Crippen LogP contribution in [0.25, 0.3) is 11.5 Å². The molecule has 0 aliphatic carbocycles. The zero-order valence-corrected chi connectivity index (χ0v) is 12.9. The maximum absolute atomic E-state index is 12.1. The fourth-order valence-corrected chi connectivity index (χ4v) is 2.37. The lowest BCUT2D eigenvalue weighted by atomic mass is 10.2. The van der Waals surface area contributed by atoms with Gasteiger partial charge in [0, 0.05) is 20.4 Å². The Morgan fingerprint density at radius 3 is 2.62 bits per heavy atom. The second-order valence-corrected chi connectivity index (χ2v) is 5.53. The molecule has 3 rings (SSSR count). The first-order valence-corrected chi connectivity index (χ1v) is 7.24. The molecule has 1 amide bonds. The normalized spacial score (nSPS) is 10.3. The van der Waals surface area contributed by atoms with Crippen LogP contribution >= 0.6 is 22.6 Å². The predicted molar refractivity (Wildman–Crippen MR) is 86.8 cm³/mol.